The second kappa shape index (κ2) is 7.24. The first-order valence-electron chi connectivity index (χ1n) is 9.61. The molecule has 0 bridgehead atoms. The topological polar surface area (TPSA) is 113 Å². The molecule has 0 spiro atoms. The summed E-state index contributed by atoms with van der Waals surface area (Å²) in [5, 5.41) is 13.6. The molecular weight excluding hydrogens is 446 g/mol. The van der Waals surface area contributed by atoms with Crippen molar-refractivity contribution in [3.05, 3.63) is 53.6 Å². The van der Waals surface area contributed by atoms with Crippen LogP contribution in [0.15, 0.2) is 42.5 Å². The van der Waals surface area contributed by atoms with Gasteiger partial charge in [0.05, 0.1) is 28.4 Å². The van der Waals surface area contributed by atoms with Gasteiger partial charge in [-0.2, -0.15) is 8.78 Å². The van der Waals surface area contributed by atoms with Crippen molar-refractivity contribution in [3.63, 3.8) is 0 Å². The lowest BCUT2D eigenvalue weighted by Crippen LogP contribution is -2.63. The Kier molecular flexibility index (Phi) is 5.01. The van der Waals surface area contributed by atoms with Crippen molar-refractivity contribution in [3.8, 4) is 5.75 Å². The Labute approximate surface area is 182 Å². The Balaban J connectivity index is 1.66. The van der Waals surface area contributed by atoms with Gasteiger partial charge >= 0.3 is 6.61 Å². The molecule has 1 saturated heterocycles. The summed E-state index contributed by atoms with van der Waals surface area (Å²) in [5.74, 6) is -1.76. The maximum atomic E-state index is 13.0. The standard InChI is InChI=1S/C21H20F2N2O6S/c1-20(10-32(29,30)11-20)24-17(26)12-6-7-16-15(8-12)21(2,28)18(27)25(16)13-4-3-5-14(9-13)31-19(22)23/h3-9,19,28H,10-11H2,1-2H3,(H,24,26)/t21-/m1/s1. The largest absolute Gasteiger partial charge is 0.435 e. The summed E-state index contributed by atoms with van der Waals surface area (Å²) in [6, 6.07) is 9.74. The van der Waals surface area contributed by atoms with E-state index in [9.17, 15) is 31.9 Å². The number of aliphatic hydroxyl groups is 1. The Morgan fingerprint density at radius 1 is 1.19 bits per heavy atom. The lowest BCUT2D eigenvalue weighted by molar-refractivity contribution is -0.133. The average Bonchev–Trinajstić information content (AvgIpc) is 2.85. The maximum Gasteiger partial charge on any atom is 0.387 e. The van der Waals surface area contributed by atoms with Crippen LogP contribution < -0.4 is 15.0 Å². The van der Waals surface area contributed by atoms with E-state index >= 15 is 0 Å². The number of carbonyl (C=O) groups is 2. The number of fused-ring (bicyclic) bond motifs is 1. The summed E-state index contributed by atoms with van der Waals surface area (Å²) < 4.78 is 52.5. The predicted molar refractivity (Wildman–Crippen MR) is 111 cm³/mol. The van der Waals surface area contributed by atoms with Gasteiger partial charge in [-0.1, -0.05) is 6.07 Å². The monoisotopic (exact) mass is 466 g/mol. The highest BCUT2D eigenvalue weighted by Crippen LogP contribution is 2.45. The number of nitrogens with one attached hydrogen (secondary N) is 1. The Hall–Kier alpha value is -3.05. The normalized spacial score (nSPS) is 22.9. The number of carbonyl (C=O) groups excluding carboxylic acids is 2. The fraction of sp³-hybridized carbons (Fsp3) is 0.333. The highest BCUT2D eigenvalue weighted by molar-refractivity contribution is 7.93. The summed E-state index contributed by atoms with van der Waals surface area (Å²) in [5.41, 5.74) is -2.08. The van der Waals surface area contributed by atoms with Crippen LogP contribution >= 0.6 is 0 Å². The number of hydrogen-bond donors (Lipinski definition) is 2. The third-order valence-electron chi connectivity index (χ3n) is 5.44. The van der Waals surface area contributed by atoms with Crippen LogP contribution in [0.5, 0.6) is 5.75 Å². The predicted octanol–water partition coefficient (Wildman–Crippen LogP) is 2.09. The summed E-state index contributed by atoms with van der Waals surface area (Å²) >= 11 is 0. The molecule has 2 N–H and O–H groups in total. The lowest BCUT2D eigenvalue weighted by Gasteiger charge is -2.38. The summed E-state index contributed by atoms with van der Waals surface area (Å²) in [4.78, 5) is 26.8. The molecule has 0 radical (unpaired) electrons. The van der Waals surface area contributed by atoms with E-state index in [1.54, 1.807) is 6.92 Å². The second-order valence-electron chi connectivity index (χ2n) is 8.37. The summed E-state index contributed by atoms with van der Waals surface area (Å²) in [6.07, 6.45) is 0. The van der Waals surface area contributed by atoms with Crippen molar-refractivity contribution in [1.82, 2.24) is 5.32 Å². The fourth-order valence-corrected chi connectivity index (χ4v) is 6.11. The van der Waals surface area contributed by atoms with E-state index in [2.05, 4.69) is 10.1 Å². The van der Waals surface area contributed by atoms with E-state index in [0.29, 0.717) is 0 Å². The first-order valence-corrected chi connectivity index (χ1v) is 11.4. The van der Waals surface area contributed by atoms with Gasteiger partial charge in [-0.05, 0) is 44.2 Å². The molecule has 1 atom stereocenters. The zero-order chi connectivity index (χ0) is 23.5. The van der Waals surface area contributed by atoms with Crippen LogP contribution in [0.4, 0.5) is 20.2 Å². The second-order valence-corrected chi connectivity index (χ2v) is 10.4. The van der Waals surface area contributed by atoms with E-state index in [1.165, 1.54) is 49.4 Å². The van der Waals surface area contributed by atoms with E-state index < -0.39 is 39.4 Å². The SMILES string of the molecule is CC1(NC(=O)c2ccc3c(c2)[C@@](C)(O)C(=O)N3c2cccc(OC(F)F)c2)CS(=O)(=O)C1. The van der Waals surface area contributed by atoms with Crippen molar-refractivity contribution >= 4 is 33.0 Å². The zero-order valence-electron chi connectivity index (χ0n) is 17.1. The van der Waals surface area contributed by atoms with E-state index in [4.69, 9.17) is 0 Å². The van der Waals surface area contributed by atoms with Gasteiger partial charge in [0.15, 0.2) is 15.4 Å². The number of hydrogen-bond acceptors (Lipinski definition) is 6. The van der Waals surface area contributed by atoms with Gasteiger partial charge in [-0.15, -0.1) is 0 Å². The third kappa shape index (κ3) is 3.82. The molecule has 0 unspecified atom stereocenters. The number of ether oxygens (including phenoxy) is 1. The molecule has 2 amide bonds. The summed E-state index contributed by atoms with van der Waals surface area (Å²) in [6.45, 7) is -0.145. The van der Waals surface area contributed by atoms with Crippen LogP contribution in [0.2, 0.25) is 0 Å². The molecule has 11 heteroatoms. The number of amides is 2. The lowest BCUT2D eigenvalue weighted by atomic mass is 9.95. The zero-order valence-corrected chi connectivity index (χ0v) is 17.9. The van der Waals surface area contributed by atoms with Crippen molar-refractivity contribution in [2.24, 2.45) is 0 Å². The first kappa shape index (κ1) is 22.2. The number of nitrogens with zero attached hydrogens (tertiary/aromatic N) is 1. The van der Waals surface area contributed by atoms with Gasteiger partial charge in [-0.25, -0.2) is 8.42 Å². The van der Waals surface area contributed by atoms with Gasteiger partial charge in [0.25, 0.3) is 11.8 Å². The first-order chi connectivity index (χ1) is 14.8. The van der Waals surface area contributed by atoms with E-state index in [0.717, 1.165) is 4.90 Å². The van der Waals surface area contributed by atoms with Crippen LogP contribution in [0.25, 0.3) is 0 Å². The number of sulfone groups is 1. The molecule has 2 aromatic rings. The molecule has 1 fully saturated rings. The molecule has 2 aliphatic heterocycles. The quantitative estimate of drug-likeness (QED) is 0.698. The van der Waals surface area contributed by atoms with Gasteiger partial charge in [0, 0.05) is 17.2 Å². The molecule has 2 aliphatic rings. The summed E-state index contributed by atoms with van der Waals surface area (Å²) in [7, 11) is -3.16. The number of halogens is 2. The minimum Gasteiger partial charge on any atom is -0.435 e. The maximum absolute atomic E-state index is 13.0. The molecular formula is C21H20F2N2O6S. The van der Waals surface area contributed by atoms with Crippen LogP contribution in [-0.2, 0) is 20.2 Å². The minimum absolute atomic E-state index is 0.138. The Morgan fingerprint density at radius 3 is 2.50 bits per heavy atom. The van der Waals surface area contributed by atoms with E-state index in [1.807, 2.05) is 0 Å². The molecule has 2 heterocycles. The number of anilines is 2. The van der Waals surface area contributed by atoms with Crippen LogP contribution in [-0.4, -0.2) is 49.0 Å². The highest BCUT2D eigenvalue weighted by atomic mass is 32.2. The van der Waals surface area contributed by atoms with Gasteiger partial charge in [0.1, 0.15) is 5.75 Å². The van der Waals surface area contributed by atoms with Crippen molar-refractivity contribution < 1.29 is 36.6 Å². The average molecular weight is 466 g/mol. The number of alkyl halides is 2. The highest BCUT2D eigenvalue weighted by Gasteiger charge is 2.48. The van der Waals surface area contributed by atoms with Crippen molar-refractivity contribution in [2.75, 3.05) is 16.4 Å². The van der Waals surface area contributed by atoms with Gasteiger partial charge in [0.2, 0.25) is 0 Å². The van der Waals surface area contributed by atoms with Crippen LogP contribution in [0.1, 0.15) is 29.8 Å². The molecule has 32 heavy (non-hydrogen) atoms. The molecule has 0 aromatic heterocycles. The van der Waals surface area contributed by atoms with Crippen molar-refractivity contribution in [2.45, 2.75) is 31.6 Å². The fourth-order valence-electron chi connectivity index (χ4n) is 4.11. The van der Waals surface area contributed by atoms with Gasteiger partial charge in [-0.3, -0.25) is 14.5 Å². The third-order valence-corrected chi connectivity index (χ3v) is 7.59. The van der Waals surface area contributed by atoms with E-state index in [-0.39, 0.29) is 39.8 Å². The van der Waals surface area contributed by atoms with Crippen LogP contribution in [0.3, 0.4) is 0 Å². The number of benzene rings is 2. The Bertz CT molecular complexity index is 1220. The molecule has 8 nitrogen and oxygen atoms in total. The molecule has 170 valence electrons. The Morgan fingerprint density at radius 2 is 1.88 bits per heavy atom. The minimum atomic E-state index is -3.16. The molecule has 2 aromatic carbocycles. The smallest absolute Gasteiger partial charge is 0.387 e. The van der Waals surface area contributed by atoms with Crippen molar-refractivity contribution in [1.29, 1.82) is 0 Å². The molecule has 4 rings (SSSR count). The van der Waals surface area contributed by atoms with Crippen LogP contribution in [0, 0.1) is 0 Å². The molecule has 0 saturated carbocycles. The molecule has 0 aliphatic carbocycles. The van der Waals surface area contributed by atoms with Gasteiger partial charge < -0.3 is 15.2 Å². The number of rotatable bonds is 5.